The van der Waals surface area contributed by atoms with Gasteiger partial charge in [-0.05, 0) is 49.2 Å². The molecule has 2 aromatic carbocycles. The number of urea groups is 1. The Morgan fingerprint density at radius 2 is 1.93 bits per heavy atom. The number of ether oxygens (including phenoxy) is 2. The van der Waals surface area contributed by atoms with E-state index in [1.807, 2.05) is 19.1 Å². The number of halogens is 3. The third kappa shape index (κ3) is 5.20. The normalized spacial score (nSPS) is 14.9. The molecule has 0 aromatic heterocycles. The second kappa shape index (κ2) is 8.73. The molecule has 156 valence electrons. The average Bonchev–Trinajstić information content (AvgIpc) is 2.67. The Balaban J connectivity index is 1.70. The predicted octanol–water partition coefficient (Wildman–Crippen LogP) is 4.60. The van der Waals surface area contributed by atoms with E-state index < -0.39 is 11.7 Å². The Hall–Kier alpha value is -2.74. The average molecular weight is 408 g/mol. The van der Waals surface area contributed by atoms with Gasteiger partial charge in [-0.2, -0.15) is 13.2 Å². The van der Waals surface area contributed by atoms with Crippen LogP contribution in [0.4, 0.5) is 18.0 Å². The molecule has 0 radical (unpaired) electrons. The summed E-state index contributed by atoms with van der Waals surface area (Å²) < 4.78 is 49.0. The summed E-state index contributed by atoms with van der Waals surface area (Å²) in [5.74, 6) is 0.926. The summed E-state index contributed by atoms with van der Waals surface area (Å²) in [5.41, 5.74) is 1.20. The standard InChI is InChI=1S/C21H23F3N2O3/c1-14(13-28-2)25-20(27)26-11-10-18-15(12-26)4-3-5-19(18)29-17-8-6-16(7-9-17)21(22,23)24/h3-9,14H,10-13H2,1-2H3,(H,25,27). The van der Waals surface area contributed by atoms with Gasteiger partial charge in [-0.15, -0.1) is 0 Å². The molecule has 29 heavy (non-hydrogen) atoms. The maximum absolute atomic E-state index is 12.7. The molecular formula is C21H23F3N2O3. The molecule has 3 rings (SSSR count). The van der Waals surface area contributed by atoms with Crippen molar-refractivity contribution in [1.82, 2.24) is 10.2 Å². The van der Waals surface area contributed by atoms with Gasteiger partial charge in [0.25, 0.3) is 0 Å². The maximum atomic E-state index is 12.7. The molecular weight excluding hydrogens is 385 g/mol. The number of fused-ring (bicyclic) bond motifs is 1. The third-order valence-electron chi connectivity index (χ3n) is 4.71. The molecule has 1 N–H and O–H groups in total. The third-order valence-corrected chi connectivity index (χ3v) is 4.71. The number of nitrogens with one attached hydrogen (secondary N) is 1. The zero-order chi connectivity index (χ0) is 21.0. The first kappa shape index (κ1) is 21.0. The molecule has 1 aliphatic heterocycles. The molecule has 0 spiro atoms. The summed E-state index contributed by atoms with van der Waals surface area (Å²) in [6, 6.07) is 9.88. The van der Waals surface area contributed by atoms with Crippen LogP contribution in [0.15, 0.2) is 42.5 Å². The van der Waals surface area contributed by atoms with Crippen LogP contribution >= 0.6 is 0 Å². The van der Waals surface area contributed by atoms with Gasteiger partial charge in [-0.3, -0.25) is 0 Å². The van der Waals surface area contributed by atoms with Crippen molar-refractivity contribution >= 4 is 6.03 Å². The lowest BCUT2D eigenvalue weighted by Gasteiger charge is -2.31. The first-order valence-corrected chi connectivity index (χ1v) is 9.28. The number of benzene rings is 2. The van der Waals surface area contributed by atoms with E-state index in [1.54, 1.807) is 18.1 Å². The molecule has 5 nitrogen and oxygen atoms in total. The van der Waals surface area contributed by atoms with E-state index in [1.165, 1.54) is 12.1 Å². The summed E-state index contributed by atoms with van der Waals surface area (Å²) >= 11 is 0. The number of rotatable bonds is 5. The fraction of sp³-hybridized carbons (Fsp3) is 0.381. The van der Waals surface area contributed by atoms with Crippen molar-refractivity contribution in [3.8, 4) is 11.5 Å². The summed E-state index contributed by atoms with van der Waals surface area (Å²) in [7, 11) is 1.58. The van der Waals surface area contributed by atoms with E-state index in [4.69, 9.17) is 9.47 Å². The quantitative estimate of drug-likeness (QED) is 0.787. The van der Waals surface area contributed by atoms with Crippen molar-refractivity contribution in [2.45, 2.75) is 32.1 Å². The first-order valence-electron chi connectivity index (χ1n) is 9.28. The van der Waals surface area contributed by atoms with Crippen molar-refractivity contribution in [3.63, 3.8) is 0 Å². The number of hydrogen-bond acceptors (Lipinski definition) is 3. The number of nitrogens with zero attached hydrogens (tertiary/aromatic N) is 1. The molecule has 2 aromatic rings. The second-order valence-electron chi connectivity index (χ2n) is 7.00. The monoisotopic (exact) mass is 408 g/mol. The molecule has 0 saturated heterocycles. The number of carbonyl (C=O) groups is 1. The van der Waals surface area contributed by atoms with Crippen molar-refractivity contribution in [3.05, 3.63) is 59.2 Å². The minimum atomic E-state index is -4.38. The Morgan fingerprint density at radius 3 is 2.59 bits per heavy atom. The van der Waals surface area contributed by atoms with Gasteiger partial charge in [0.2, 0.25) is 0 Å². The fourth-order valence-corrected chi connectivity index (χ4v) is 3.28. The summed E-state index contributed by atoms with van der Waals surface area (Å²) in [4.78, 5) is 14.1. The van der Waals surface area contributed by atoms with Gasteiger partial charge in [0.15, 0.2) is 0 Å². The Morgan fingerprint density at radius 1 is 1.21 bits per heavy atom. The highest BCUT2D eigenvalue weighted by atomic mass is 19.4. The SMILES string of the molecule is COCC(C)NC(=O)N1CCc2c(cccc2Oc2ccc(C(F)(F)F)cc2)C1. The van der Waals surface area contributed by atoms with Gasteiger partial charge in [-0.1, -0.05) is 12.1 Å². The maximum Gasteiger partial charge on any atom is 0.416 e. The Labute approximate surface area is 167 Å². The van der Waals surface area contributed by atoms with Crippen LogP contribution in [-0.4, -0.2) is 37.2 Å². The van der Waals surface area contributed by atoms with Crippen molar-refractivity contribution in [1.29, 1.82) is 0 Å². The van der Waals surface area contributed by atoms with Crippen molar-refractivity contribution in [2.75, 3.05) is 20.3 Å². The van der Waals surface area contributed by atoms with E-state index in [2.05, 4.69) is 5.32 Å². The Bertz CT molecular complexity index is 853. The second-order valence-corrected chi connectivity index (χ2v) is 7.00. The fourth-order valence-electron chi connectivity index (χ4n) is 3.28. The first-order chi connectivity index (χ1) is 13.8. The number of carbonyl (C=O) groups excluding carboxylic acids is 1. The van der Waals surface area contributed by atoms with Crippen LogP contribution in [0.2, 0.25) is 0 Å². The Kier molecular flexibility index (Phi) is 6.32. The lowest BCUT2D eigenvalue weighted by molar-refractivity contribution is -0.137. The highest BCUT2D eigenvalue weighted by Gasteiger charge is 2.30. The van der Waals surface area contributed by atoms with Crippen LogP contribution in [0.25, 0.3) is 0 Å². The molecule has 0 bridgehead atoms. The molecule has 0 saturated carbocycles. The van der Waals surface area contributed by atoms with E-state index >= 15 is 0 Å². The van der Waals surface area contributed by atoms with Gasteiger partial charge in [0, 0.05) is 25.8 Å². The molecule has 1 heterocycles. The van der Waals surface area contributed by atoms with Gasteiger partial charge < -0.3 is 19.7 Å². The highest BCUT2D eigenvalue weighted by Crippen LogP contribution is 2.34. The molecule has 2 amide bonds. The molecule has 1 aliphatic rings. The zero-order valence-corrected chi connectivity index (χ0v) is 16.3. The molecule has 1 unspecified atom stereocenters. The minimum absolute atomic E-state index is 0.0942. The van der Waals surface area contributed by atoms with Gasteiger partial charge in [-0.25, -0.2) is 4.79 Å². The molecule has 8 heteroatoms. The predicted molar refractivity (Wildman–Crippen MR) is 102 cm³/mol. The van der Waals surface area contributed by atoms with Gasteiger partial charge in [0.1, 0.15) is 11.5 Å². The van der Waals surface area contributed by atoms with Crippen LogP contribution < -0.4 is 10.1 Å². The minimum Gasteiger partial charge on any atom is -0.457 e. The summed E-state index contributed by atoms with van der Waals surface area (Å²) in [6.45, 7) is 3.26. The summed E-state index contributed by atoms with van der Waals surface area (Å²) in [5, 5.41) is 2.89. The van der Waals surface area contributed by atoms with Crippen LogP contribution in [0.3, 0.4) is 0 Å². The highest BCUT2D eigenvalue weighted by molar-refractivity contribution is 5.75. The van der Waals surface area contributed by atoms with Crippen LogP contribution in [-0.2, 0) is 23.9 Å². The molecule has 0 aliphatic carbocycles. The van der Waals surface area contributed by atoms with E-state index in [0.29, 0.717) is 37.6 Å². The van der Waals surface area contributed by atoms with Crippen molar-refractivity contribution < 1.29 is 27.4 Å². The topological polar surface area (TPSA) is 50.8 Å². The van der Waals surface area contributed by atoms with Crippen LogP contribution in [0.1, 0.15) is 23.6 Å². The number of hydrogen-bond donors (Lipinski definition) is 1. The lowest BCUT2D eigenvalue weighted by atomic mass is 9.99. The smallest absolute Gasteiger partial charge is 0.416 e. The number of alkyl halides is 3. The molecule has 1 atom stereocenters. The van der Waals surface area contributed by atoms with Crippen LogP contribution in [0.5, 0.6) is 11.5 Å². The number of methoxy groups -OCH3 is 1. The van der Waals surface area contributed by atoms with Gasteiger partial charge >= 0.3 is 12.2 Å². The lowest BCUT2D eigenvalue weighted by Crippen LogP contribution is -2.47. The van der Waals surface area contributed by atoms with E-state index in [0.717, 1.165) is 23.3 Å². The van der Waals surface area contributed by atoms with Crippen LogP contribution in [0, 0.1) is 0 Å². The number of amides is 2. The van der Waals surface area contributed by atoms with E-state index in [-0.39, 0.29) is 12.1 Å². The van der Waals surface area contributed by atoms with Gasteiger partial charge in [0.05, 0.1) is 18.2 Å². The summed E-state index contributed by atoms with van der Waals surface area (Å²) in [6.07, 6.45) is -3.78. The van der Waals surface area contributed by atoms with Crippen molar-refractivity contribution in [2.24, 2.45) is 0 Å². The molecule has 0 fully saturated rings. The largest absolute Gasteiger partial charge is 0.457 e. The van der Waals surface area contributed by atoms with E-state index in [9.17, 15) is 18.0 Å². The zero-order valence-electron chi connectivity index (χ0n) is 16.3.